The van der Waals surface area contributed by atoms with Crippen LogP contribution in [0.5, 0.6) is 0 Å². The molecule has 0 bridgehead atoms. The van der Waals surface area contributed by atoms with Crippen LogP contribution in [0.1, 0.15) is 17.8 Å². The number of hydrogen-bond acceptors (Lipinski definition) is 5. The van der Waals surface area contributed by atoms with Gasteiger partial charge >= 0.3 is 6.03 Å². The molecule has 2 aromatic carbocycles. The second kappa shape index (κ2) is 8.21. The smallest absolute Gasteiger partial charge is 0.329 e. The molecule has 1 saturated heterocycles. The van der Waals surface area contributed by atoms with Crippen LogP contribution in [0.3, 0.4) is 0 Å². The van der Waals surface area contributed by atoms with Gasteiger partial charge in [0, 0.05) is 51.0 Å². The lowest BCUT2D eigenvalue weighted by molar-refractivity contribution is -0.118. The van der Waals surface area contributed by atoms with Crippen LogP contribution in [0.15, 0.2) is 67.1 Å². The van der Waals surface area contributed by atoms with Crippen molar-refractivity contribution < 1.29 is 9.59 Å². The minimum Gasteiger partial charge on any atom is -0.329 e. The summed E-state index contributed by atoms with van der Waals surface area (Å²) in [7, 11) is 0. The molecule has 3 aliphatic rings. The molecule has 0 saturated carbocycles. The summed E-state index contributed by atoms with van der Waals surface area (Å²) in [6.07, 6.45) is 9.20. The number of nitrogens with zero attached hydrogens (tertiary/aromatic N) is 4. The van der Waals surface area contributed by atoms with E-state index >= 15 is 0 Å². The Labute approximate surface area is 216 Å². The van der Waals surface area contributed by atoms with Gasteiger partial charge in [-0.15, -0.1) is 11.8 Å². The Bertz CT molecular complexity index is 1610. The first-order chi connectivity index (χ1) is 17.6. The van der Waals surface area contributed by atoms with Crippen LogP contribution in [0.25, 0.3) is 26.9 Å². The third kappa shape index (κ3) is 3.21. The maximum Gasteiger partial charge on any atom is 0.329 e. The molecule has 9 heteroatoms. The van der Waals surface area contributed by atoms with E-state index in [1.807, 2.05) is 54.7 Å². The van der Waals surface area contributed by atoms with Gasteiger partial charge in [-0.2, -0.15) is 0 Å². The number of pyridine rings is 1. The number of halogens is 1. The number of benzene rings is 2. The number of nitrogens with one attached hydrogen (secondary N) is 1. The van der Waals surface area contributed by atoms with Crippen molar-refractivity contribution in [1.82, 2.24) is 19.9 Å². The van der Waals surface area contributed by atoms with Crippen LogP contribution in [0, 0.1) is 0 Å². The molecule has 2 atom stereocenters. The number of aromatic nitrogens is 3. The van der Waals surface area contributed by atoms with Gasteiger partial charge in [0.15, 0.2) is 0 Å². The van der Waals surface area contributed by atoms with E-state index in [-0.39, 0.29) is 5.91 Å². The van der Waals surface area contributed by atoms with Gasteiger partial charge in [-0.1, -0.05) is 48.0 Å². The van der Waals surface area contributed by atoms with Gasteiger partial charge in [-0.25, -0.2) is 14.7 Å². The van der Waals surface area contributed by atoms with Crippen molar-refractivity contribution in [3.63, 3.8) is 0 Å². The standard InChI is InChI=1S/C27H20ClN5O2S/c28-18-8-3-7-17(20-14-30-23-9-4-10-32(20)23)24(18)22-11-19-25(36-22)26(34)33(27(35)31-19)21-13-29-12-15-5-1-2-6-16(15)21/h1-3,5-8,11-14,19,25H,4,9-10H2,(H,31,35). The zero-order chi connectivity index (χ0) is 24.4. The average Bonchev–Trinajstić information content (AvgIpc) is 3.60. The van der Waals surface area contributed by atoms with Crippen LogP contribution in [0.2, 0.25) is 5.02 Å². The summed E-state index contributed by atoms with van der Waals surface area (Å²) in [4.78, 5) is 37.9. The summed E-state index contributed by atoms with van der Waals surface area (Å²) in [5.74, 6) is 0.816. The third-order valence-corrected chi connectivity index (χ3v) is 8.67. The molecule has 7 nitrogen and oxygen atoms in total. The van der Waals surface area contributed by atoms with E-state index in [1.54, 1.807) is 12.4 Å². The van der Waals surface area contributed by atoms with E-state index in [2.05, 4.69) is 19.9 Å². The lowest BCUT2D eigenvalue weighted by atomic mass is 10.0. The fourth-order valence-electron chi connectivity index (χ4n) is 5.37. The van der Waals surface area contributed by atoms with Crippen molar-refractivity contribution in [2.45, 2.75) is 30.7 Å². The number of urea groups is 1. The Balaban J connectivity index is 1.27. The van der Waals surface area contributed by atoms with Crippen LogP contribution in [0.4, 0.5) is 10.5 Å². The molecule has 0 spiro atoms. The summed E-state index contributed by atoms with van der Waals surface area (Å²) in [5, 5.41) is 4.78. The van der Waals surface area contributed by atoms with Gasteiger partial charge in [-0.3, -0.25) is 9.78 Å². The lowest BCUT2D eigenvalue weighted by Gasteiger charge is -2.33. The van der Waals surface area contributed by atoms with E-state index < -0.39 is 17.3 Å². The van der Waals surface area contributed by atoms with Crippen LogP contribution in [-0.4, -0.2) is 37.8 Å². The number of hydrogen-bond donors (Lipinski definition) is 1. The number of imide groups is 1. The molecule has 3 aliphatic heterocycles. The minimum absolute atomic E-state index is 0.267. The SMILES string of the molecule is O=C1NC2C=C(c3c(Cl)cccc3-c3cnc4n3CCC4)SC2C(=O)N1c1cncc2ccccc12. The van der Waals surface area contributed by atoms with Crippen molar-refractivity contribution in [2.75, 3.05) is 4.90 Å². The molecule has 0 radical (unpaired) electrons. The van der Waals surface area contributed by atoms with Gasteiger partial charge in [-0.05, 0) is 18.6 Å². The fraction of sp³-hybridized carbons (Fsp3) is 0.185. The Morgan fingerprint density at radius 2 is 1.94 bits per heavy atom. The number of aryl methyl sites for hydroxylation is 1. The Hall–Kier alpha value is -3.62. The highest BCUT2D eigenvalue weighted by Crippen LogP contribution is 2.48. The van der Waals surface area contributed by atoms with Crippen molar-refractivity contribution in [2.24, 2.45) is 0 Å². The largest absolute Gasteiger partial charge is 0.329 e. The zero-order valence-electron chi connectivity index (χ0n) is 19.0. The van der Waals surface area contributed by atoms with Crippen LogP contribution < -0.4 is 10.2 Å². The second-order valence-corrected chi connectivity index (χ2v) is 10.7. The first-order valence-corrected chi connectivity index (χ1v) is 13.1. The first-order valence-electron chi connectivity index (χ1n) is 11.8. The molecule has 3 amide bonds. The molecule has 2 aromatic heterocycles. The highest BCUT2D eigenvalue weighted by molar-refractivity contribution is 8.09. The van der Waals surface area contributed by atoms with Gasteiger partial charge in [0.1, 0.15) is 11.1 Å². The van der Waals surface area contributed by atoms with Crippen molar-refractivity contribution in [3.8, 4) is 11.3 Å². The molecule has 7 rings (SSSR count). The number of anilines is 1. The molecule has 5 heterocycles. The topological polar surface area (TPSA) is 80.1 Å². The van der Waals surface area contributed by atoms with E-state index in [4.69, 9.17) is 11.6 Å². The fourth-order valence-corrected chi connectivity index (χ4v) is 7.03. The van der Waals surface area contributed by atoms with Crippen LogP contribution in [-0.2, 0) is 17.8 Å². The van der Waals surface area contributed by atoms with E-state index in [9.17, 15) is 9.59 Å². The number of thioether (sulfide) groups is 1. The number of imidazole rings is 1. The molecule has 2 unspecified atom stereocenters. The summed E-state index contributed by atoms with van der Waals surface area (Å²) in [6.45, 7) is 0.927. The summed E-state index contributed by atoms with van der Waals surface area (Å²) in [6, 6.07) is 12.6. The summed E-state index contributed by atoms with van der Waals surface area (Å²) in [5.41, 5.74) is 3.36. The van der Waals surface area contributed by atoms with Gasteiger partial charge in [0.2, 0.25) is 0 Å². The quantitative estimate of drug-likeness (QED) is 0.403. The predicted octanol–water partition coefficient (Wildman–Crippen LogP) is 5.28. The van der Waals surface area contributed by atoms with Gasteiger partial charge in [0.05, 0.1) is 29.8 Å². The summed E-state index contributed by atoms with van der Waals surface area (Å²) >= 11 is 8.20. The molecule has 178 valence electrons. The van der Waals surface area contributed by atoms with Gasteiger partial charge in [0.25, 0.3) is 5.91 Å². The first kappa shape index (κ1) is 21.6. The van der Waals surface area contributed by atoms with Gasteiger partial charge < -0.3 is 9.88 Å². The number of carbonyl (C=O) groups is 2. The summed E-state index contributed by atoms with van der Waals surface area (Å²) < 4.78 is 2.24. The number of fused-ring (bicyclic) bond motifs is 3. The number of carbonyl (C=O) groups excluding carboxylic acids is 2. The molecule has 1 fully saturated rings. The highest BCUT2D eigenvalue weighted by Gasteiger charge is 2.46. The monoisotopic (exact) mass is 513 g/mol. The maximum absolute atomic E-state index is 13.7. The maximum atomic E-state index is 13.7. The zero-order valence-corrected chi connectivity index (χ0v) is 20.6. The van der Waals surface area contributed by atoms with Crippen molar-refractivity contribution in [1.29, 1.82) is 0 Å². The molecule has 0 aliphatic carbocycles. The van der Waals surface area contributed by atoms with Crippen molar-refractivity contribution in [3.05, 3.63) is 83.5 Å². The predicted molar refractivity (Wildman–Crippen MR) is 142 cm³/mol. The van der Waals surface area contributed by atoms with E-state index in [1.165, 1.54) is 16.7 Å². The van der Waals surface area contributed by atoms with E-state index in [0.717, 1.165) is 57.7 Å². The van der Waals surface area contributed by atoms with E-state index in [0.29, 0.717) is 10.7 Å². The second-order valence-electron chi connectivity index (χ2n) is 9.08. The Kier molecular flexibility index (Phi) is 4.94. The highest BCUT2D eigenvalue weighted by atomic mass is 35.5. The molecule has 4 aromatic rings. The molecular weight excluding hydrogens is 494 g/mol. The minimum atomic E-state index is -0.503. The molecule has 36 heavy (non-hydrogen) atoms. The normalized spacial score (nSPS) is 20.9. The number of amides is 3. The lowest BCUT2D eigenvalue weighted by Crippen LogP contribution is -2.60. The Morgan fingerprint density at radius 1 is 1.06 bits per heavy atom. The Morgan fingerprint density at radius 3 is 2.86 bits per heavy atom. The van der Waals surface area contributed by atoms with Crippen molar-refractivity contribution >= 4 is 56.7 Å². The van der Waals surface area contributed by atoms with Crippen LogP contribution >= 0.6 is 23.4 Å². The molecular formula is C27H20ClN5O2S. The molecule has 1 N–H and O–H groups in total. The average molecular weight is 514 g/mol. The number of rotatable bonds is 3. The third-order valence-electron chi connectivity index (χ3n) is 7.01.